The first-order valence-corrected chi connectivity index (χ1v) is 8.76. The molecule has 0 aliphatic carbocycles. The summed E-state index contributed by atoms with van der Waals surface area (Å²) in [5.74, 6) is -0.302. The molecule has 1 heterocycles. The third kappa shape index (κ3) is 4.64. The normalized spacial score (nSPS) is 12.0. The number of carbonyl (C=O) groups excluding carboxylic acids is 1. The smallest absolute Gasteiger partial charge is 0.254 e. The van der Waals surface area contributed by atoms with Crippen LogP contribution in [0.25, 0.3) is 0 Å². The maximum atomic E-state index is 12.2. The van der Waals surface area contributed by atoms with Crippen LogP contribution in [-0.4, -0.2) is 27.3 Å². The van der Waals surface area contributed by atoms with E-state index in [9.17, 15) is 9.90 Å². The molecule has 1 unspecified atom stereocenters. The lowest BCUT2D eigenvalue weighted by Gasteiger charge is -2.11. The van der Waals surface area contributed by atoms with Gasteiger partial charge in [0, 0.05) is 22.8 Å². The molecule has 0 aliphatic rings. The first-order valence-electron chi connectivity index (χ1n) is 8.00. The number of benzene rings is 2. The maximum Gasteiger partial charge on any atom is 0.254 e. The van der Waals surface area contributed by atoms with Crippen molar-refractivity contribution in [2.45, 2.75) is 12.6 Å². The molecule has 26 heavy (non-hydrogen) atoms. The van der Waals surface area contributed by atoms with E-state index in [1.807, 2.05) is 24.3 Å². The predicted octanol–water partition coefficient (Wildman–Crippen LogP) is 3.70. The lowest BCUT2D eigenvalue weighted by atomic mass is 10.1. The highest BCUT2D eigenvalue weighted by molar-refractivity contribution is 6.31. The zero-order valence-electron chi connectivity index (χ0n) is 13.8. The van der Waals surface area contributed by atoms with Crippen molar-refractivity contribution in [3.8, 4) is 0 Å². The molecule has 1 amide bonds. The second-order valence-electron chi connectivity index (χ2n) is 5.80. The zero-order chi connectivity index (χ0) is 18.5. The van der Waals surface area contributed by atoms with Gasteiger partial charge in [0.05, 0.1) is 24.4 Å². The number of aliphatic hydroxyl groups is 1. The molecular weight excluding hydrogens is 373 g/mol. The van der Waals surface area contributed by atoms with Gasteiger partial charge in [0.25, 0.3) is 5.91 Å². The topological polar surface area (TPSA) is 67.2 Å². The number of aromatic nitrogens is 2. The highest BCUT2D eigenvalue weighted by atomic mass is 35.5. The van der Waals surface area contributed by atoms with Crippen LogP contribution >= 0.6 is 23.2 Å². The lowest BCUT2D eigenvalue weighted by molar-refractivity contribution is 0.0916. The number of hydrogen-bond donors (Lipinski definition) is 2. The molecule has 0 aliphatic heterocycles. The SMILES string of the molecule is O=C(NCC(O)c1ccc(Cl)cc1)c1cnn(Cc2ccccc2Cl)c1. The minimum atomic E-state index is -0.811. The van der Waals surface area contributed by atoms with Crippen LogP contribution in [0.1, 0.15) is 27.6 Å². The van der Waals surface area contributed by atoms with Crippen LogP contribution in [0.2, 0.25) is 10.0 Å². The number of rotatable bonds is 6. The summed E-state index contributed by atoms with van der Waals surface area (Å²) in [6, 6.07) is 14.3. The second-order valence-corrected chi connectivity index (χ2v) is 6.64. The quantitative estimate of drug-likeness (QED) is 0.675. The standard InChI is InChI=1S/C19H17Cl2N3O2/c20-16-7-5-13(6-8-16)18(25)10-22-19(26)15-9-23-24(12-15)11-14-3-1-2-4-17(14)21/h1-9,12,18,25H,10-11H2,(H,22,26). The van der Waals surface area contributed by atoms with Gasteiger partial charge >= 0.3 is 0 Å². The van der Waals surface area contributed by atoms with Gasteiger partial charge in [-0.2, -0.15) is 5.10 Å². The summed E-state index contributed by atoms with van der Waals surface area (Å²) in [5.41, 5.74) is 2.02. The second kappa shape index (κ2) is 8.36. The average molecular weight is 390 g/mol. The van der Waals surface area contributed by atoms with Crippen molar-refractivity contribution >= 4 is 29.1 Å². The third-order valence-electron chi connectivity index (χ3n) is 3.90. The summed E-state index contributed by atoms with van der Waals surface area (Å²) < 4.78 is 1.64. The molecule has 0 fully saturated rings. The molecule has 134 valence electrons. The van der Waals surface area contributed by atoms with Crippen LogP contribution in [0.4, 0.5) is 0 Å². The van der Waals surface area contributed by atoms with Crippen molar-refractivity contribution in [1.29, 1.82) is 0 Å². The fraction of sp³-hybridized carbons (Fsp3) is 0.158. The van der Waals surface area contributed by atoms with Crippen molar-refractivity contribution in [3.63, 3.8) is 0 Å². The summed E-state index contributed by atoms with van der Waals surface area (Å²) in [6.45, 7) is 0.566. The number of nitrogens with zero attached hydrogens (tertiary/aromatic N) is 2. The van der Waals surface area contributed by atoms with Gasteiger partial charge < -0.3 is 10.4 Å². The molecule has 0 saturated carbocycles. The van der Waals surface area contributed by atoms with Crippen molar-refractivity contribution < 1.29 is 9.90 Å². The van der Waals surface area contributed by atoms with Crippen LogP contribution in [-0.2, 0) is 6.54 Å². The molecule has 5 nitrogen and oxygen atoms in total. The Labute approximate surface area is 161 Å². The minimum absolute atomic E-state index is 0.0934. The van der Waals surface area contributed by atoms with E-state index in [0.717, 1.165) is 5.56 Å². The molecule has 0 bridgehead atoms. The third-order valence-corrected chi connectivity index (χ3v) is 4.52. The predicted molar refractivity (Wildman–Crippen MR) is 102 cm³/mol. The number of aliphatic hydroxyl groups excluding tert-OH is 1. The Hall–Kier alpha value is -2.34. The van der Waals surface area contributed by atoms with E-state index in [4.69, 9.17) is 23.2 Å². The summed E-state index contributed by atoms with van der Waals surface area (Å²) in [4.78, 5) is 12.2. The first kappa shape index (κ1) is 18.5. The molecule has 3 aromatic rings. The lowest BCUT2D eigenvalue weighted by Crippen LogP contribution is -2.28. The van der Waals surface area contributed by atoms with E-state index >= 15 is 0 Å². The molecule has 1 aromatic heterocycles. The monoisotopic (exact) mass is 389 g/mol. The number of nitrogens with one attached hydrogen (secondary N) is 1. The van der Waals surface area contributed by atoms with Crippen molar-refractivity contribution in [1.82, 2.24) is 15.1 Å². The van der Waals surface area contributed by atoms with Crippen molar-refractivity contribution in [2.24, 2.45) is 0 Å². The Bertz CT molecular complexity index is 894. The van der Waals surface area contributed by atoms with E-state index in [1.54, 1.807) is 35.1 Å². The fourth-order valence-corrected chi connectivity index (χ4v) is 2.78. The van der Waals surface area contributed by atoms with E-state index in [1.165, 1.54) is 6.20 Å². The number of amides is 1. The minimum Gasteiger partial charge on any atom is -0.387 e. The molecule has 0 spiro atoms. The Balaban J connectivity index is 1.58. The van der Waals surface area contributed by atoms with Gasteiger partial charge in [-0.15, -0.1) is 0 Å². The molecule has 0 radical (unpaired) electrons. The maximum absolute atomic E-state index is 12.2. The van der Waals surface area contributed by atoms with E-state index in [-0.39, 0.29) is 12.5 Å². The first-order chi connectivity index (χ1) is 12.5. The molecule has 7 heteroatoms. The largest absolute Gasteiger partial charge is 0.387 e. The van der Waals surface area contributed by atoms with Crippen molar-refractivity contribution in [3.05, 3.63) is 87.7 Å². The van der Waals surface area contributed by atoms with E-state index in [2.05, 4.69) is 10.4 Å². The van der Waals surface area contributed by atoms with Gasteiger partial charge in [-0.1, -0.05) is 53.5 Å². The highest BCUT2D eigenvalue weighted by Gasteiger charge is 2.13. The van der Waals surface area contributed by atoms with Crippen LogP contribution in [0.5, 0.6) is 0 Å². The van der Waals surface area contributed by atoms with Gasteiger partial charge in [-0.05, 0) is 29.3 Å². The van der Waals surface area contributed by atoms with Gasteiger partial charge in [0.1, 0.15) is 0 Å². The Morgan fingerprint density at radius 3 is 2.62 bits per heavy atom. The number of carbonyl (C=O) groups is 1. The average Bonchev–Trinajstić information content (AvgIpc) is 3.10. The van der Waals surface area contributed by atoms with Crippen LogP contribution < -0.4 is 5.32 Å². The summed E-state index contributed by atoms with van der Waals surface area (Å²) in [7, 11) is 0. The van der Waals surface area contributed by atoms with Gasteiger partial charge in [-0.25, -0.2) is 0 Å². The van der Waals surface area contributed by atoms with Gasteiger partial charge in [0.15, 0.2) is 0 Å². The van der Waals surface area contributed by atoms with Crippen LogP contribution in [0, 0.1) is 0 Å². The molecule has 2 N–H and O–H groups in total. The summed E-state index contributed by atoms with van der Waals surface area (Å²) in [5, 5.41) is 18.3. The number of halogens is 2. The number of hydrogen-bond acceptors (Lipinski definition) is 3. The molecule has 0 saturated heterocycles. The van der Waals surface area contributed by atoms with Gasteiger partial charge in [0.2, 0.25) is 0 Å². The Morgan fingerprint density at radius 2 is 1.88 bits per heavy atom. The van der Waals surface area contributed by atoms with Crippen LogP contribution in [0.15, 0.2) is 60.9 Å². The molecule has 2 aromatic carbocycles. The Morgan fingerprint density at radius 1 is 1.15 bits per heavy atom. The Kier molecular flexibility index (Phi) is 5.93. The summed E-state index contributed by atoms with van der Waals surface area (Å²) in [6.07, 6.45) is 2.32. The molecular formula is C19H17Cl2N3O2. The van der Waals surface area contributed by atoms with E-state index < -0.39 is 6.10 Å². The van der Waals surface area contributed by atoms with Crippen molar-refractivity contribution in [2.75, 3.05) is 6.54 Å². The van der Waals surface area contributed by atoms with Crippen LogP contribution in [0.3, 0.4) is 0 Å². The summed E-state index contributed by atoms with van der Waals surface area (Å²) >= 11 is 12.0. The molecule has 3 rings (SSSR count). The van der Waals surface area contributed by atoms with Gasteiger partial charge in [-0.3, -0.25) is 9.48 Å². The highest BCUT2D eigenvalue weighted by Crippen LogP contribution is 2.17. The zero-order valence-corrected chi connectivity index (χ0v) is 15.3. The fourth-order valence-electron chi connectivity index (χ4n) is 2.46. The van der Waals surface area contributed by atoms with E-state index in [0.29, 0.717) is 27.7 Å². The molecule has 1 atom stereocenters.